The number of nitrogens with zero attached hydrogens (tertiary/aromatic N) is 2. The number of likely N-dealkylation sites (tertiary alicyclic amines) is 2. The van der Waals surface area contributed by atoms with E-state index in [4.69, 9.17) is 4.74 Å². The summed E-state index contributed by atoms with van der Waals surface area (Å²) in [6.07, 6.45) is 2.79. The SMILES string of the molecule is CCOC(=O)N1CCC(NC(=O)NC2CCN(CC(=O)Nc3ccccc3)CC2)CC1. The number of hydrogen-bond acceptors (Lipinski definition) is 5. The molecule has 0 atom stereocenters. The normalized spacial score (nSPS) is 18.3. The average molecular weight is 432 g/mol. The van der Waals surface area contributed by atoms with Crippen molar-refractivity contribution in [3.63, 3.8) is 0 Å². The number of carbonyl (C=O) groups excluding carboxylic acids is 3. The van der Waals surface area contributed by atoms with Crippen molar-refractivity contribution in [2.24, 2.45) is 0 Å². The zero-order valence-corrected chi connectivity index (χ0v) is 18.1. The van der Waals surface area contributed by atoms with Crippen LogP contribution >= 0.6 is 0 Å². The van der Waals surface area contributed by atoms with Gasteiger partial charge < -0.3 is 25.6 Å². The monoisotopic (exact) mass is 431 g/mol. The van der Waals surface area contributed by atoms with Gasteiger partial charge in [-0.1, -0.05) is 18.2 Å². The minimum Gasteiger partial charge on any atom is -0.450 e. The molecule has 9 nitrogen and oxygen atoms in total. The molecule has 0 unspecified atom stereocenters. The topological polar surface area (TPSA) is 103 Å². The van der Waals surface area contributed by atoms with Crippen molar-refractivity contribution in [2.75, 3.05) is 44.6 Å². The molecular weight excluding hydrogens is 398 g/mol. The molecule has 0 saturated carbocycles. The number of piperidine rings is 2. The van der Waals surface area contributed by atoms with Crippen molar-refractivity contribution in [3.05, 3.63) is 30.3 Å². The van der Waals surface area contributed by atoms with Crippen LogP contribution in [0.5, 0.6) is 0 Å². The molecule has 0 aromatic heterocycles. The first-order chi connectivity index (χ1) is 15.0. The maximum absolute atomic E-state index is 12.4. The Morgan fingerprint density at radius 3 is 2.10 bits per heavy atom. The van der Waals surface area contributed by atoms with Crippen LogP contribution in [0.25, 0.3) is 0 Å². The molecule has 0 aliphatic carbocycles. The van der Waals surface area contributed by atoms with Gasteiger partial charge in [-0.05, 0) is 44.7 Å². The molecule has 0 radical (unpaired) electrons. The highest BCUT2D eigenvalue weighted by molar-refractivity contribution is 5.92. The van der Waals surface area contributed by atoms with Crippen molar-refractivity contribution in [2.45, 2.75) is 44.7 Å². The fourth-order valence-electron chi connectivity index (χ4n) is 3.99. The smallest absolute Gasteiger partial charge is 0.409 e. The van der Waals surface area contributed by atoms with Gasteiger partial charge in [0.25, 0.3) is 0 Å². The summed E-state index contributed by atoms with van der Waals surface area (Å²) in [7, 11) is 0. The molecule has 2 heterocycles. The molecule has 1 aromatic carbocycles. The Balaban J connectivity index is 1.30. The van der Waals surface area contributed by atoms with E-state index < -0.39 is 0 Å². The van der Waals surface area contributed by atoms with Crippen LogP contribution in [-0.2, 0) is 9.53 Å². The number of rotatable bonds is 6. The van der Waals surface area contributed by atoms with Crippen molar-refractivity contribution in [1.29, 1.82) is 0 Å². The molecule has 3 N–H and O–H groups in total. The number of benzene rings is 1. The van der Waals surface area contributed by atoms with Crippen LogP contribution in [0, 0.1) is 0 Å². The largest absolute Gasteiger partial charge is 0.450 e. The van der Waals surface area contributed by atoms with Gasteiger partial charge in [-0.3, -0.25) is 9.69 Å². The third-order valence-corrected chi connectivity index (χ3v) is 5.70. The summed E-state index contributed by atoms with van der Waals surface area (Å²) in [5, 5.41) is 8.98. The van der Waals surface area contributed by atoms with Crippen molar-refractivity contribution in [1.82, 2.24) is 20.4 Å². The van der Waals surface area contributed by atoms with Gasteiger partial charge in [-0.2, -0.15) is 0 Å². The summed E-state index contributed by atoms with van der Waals surface area (Å²) in [4.78, 5) is 40.1. The second-order valence-electron chi connectivity index (χ2n) is 8.04. The van der Waals surface area contributed by atoms with Crippen LogP contribution in [0.4, 0.5) is 15.3 Å². The van der Waals surface area contributed by atoms with Crippen LogP contribution in [-0.4, -0.2) is 79.2 Å². The highest BCUT2D eigenvalue weighted by atomic mass is 16.6. The fraction of sp³-hybridized carbons (Fsp3) is 0.591. The number of anilines is 1. The van der Waals surface area contributed by atoms with Crippen LogP contribution in [0.15, 0.2) is 30.3 Å². The Bertz CT molecular complexity index is 729. The molecule has 4 amide bonds. The maximum atomic E-state index is 12.4. The number of carbonyl (C=O) groups is 3. The van der Waals surface area contributed by atoms with E-state index in [1.807, 2.05) is 30.3 Å². The summed E-state index contributed by atoms with van der Waals surface area (Å²) in [6, 6.07) is 9.44. The predicted octanol–water partition coefficient (Wildman–Crippen LogP) is 2.01. The van der Waals surface area contributed by atoms with Gasteiger partial charge in [-0.25, -0.2) is 9.59 Å². The Labute approximate surface area is 183 Å². The fourth-order valence-corrected chi connectivity index (χ4v) is 3.99. The highest BCUT2D eigenvalue weighted by Crippen LogP contribution is 2.13. The summed E-state index contributed by atoms with van der Waals surface area (Å²) in [5.74, 6) is -0.0236. The lowest BCUT2D eigenvalue weighted by Gasteiger charge is -2.34. The Morgan fingerprint density at radius 2 is 1.52 bits per heavy atom. The summed E-state index contributed by atoms with van der Waals surface area (Å²) in [6.45, 7) is 5.24. The Kier molecular flexibility index (Phi) is 8.52. The lowest BCUT2D eigenvalue weighted by molar-refractivity contribution is -0.117. The lowest BCUT2D eigenvalue weighted by atomic mass is 10.0. The van der Waals surface area contributed by atoms with E-state index in [1.54, 1.807) is 11.8 Å². The van der Waals surface area contributed by atoms with Crippen molar-refractivity contribution >= 4 is 23.7 Å². The molecule has 2 aliphatic heterocycles. The van der Waals surface area contributed by atoms with E-state index in [9.17, 15) is 14.4 Å². The number of urea groups is 1. The second-order valence-corrected chi connectivity index (χ2v) is 8.04. The minimum absolute atomic E-state index is 0.0236. The molecule has 31 heavy (non-hydrogen) atoms. The van der Waals surface area contributed by atoms with Gasteiger partial charge in [0.05, 0.1) is 13.2 Å². The number of ether oxygens (including phenoxy) is 1. The van der Waals surface area contributed by atoms with Crippen LogP contribution < -0.4 is 16.0 Å². The Morgan fingerprint density at radius 1 is 0.935 bits per heavy atom. The first-order valence-electron chi connectivity index (χ1n) is 11.1. The first-order valence-corrected chi connectivity index (χ1v) is 11.1. The van der Waals surface area contributed by atoms with E-state index in [0.717, 1.165) is 44.5 Å². The molecular formula is C22H33N5O4. The number of para-hydroxylation sites is 1. The summed E-state index contributed by atoms with van der Waals surface area (Å²) >= 11 is 0. The standard InChI is InChI=1S/C22H33N5O4/c1-2-31-22(30)27-14-10-19(11-15-27)25-21(29)24-18-8-12-26(13-9-18)16-20(28)23-17-6-4-3-5-7-17/h3-7,18-19H,2,8-16H2,1H3,(H,23,28)(H2,24,25,29). The van der Waals surface area contributed by atoms with E-state index in [-0.39, 0.29) is 30.1 Å². The molecule has 170 valence electrons. The van der Waals surface area contributed by atoms with Crippen molar-refractivity contribution in [3.8, 4) is 0 Å². The third kappa shape index (κ3) is 7.43. The molecule has 9 heteroatoms. The maximum Gasteiger partial charge on any atom is 0.409 e. The van der Waals surface area contributed by atoms with Gasteiger partial charge >= 0.3 is 12.1 Å². The third-order valence-electron chi connectivity index (χ3n) is 5.70. The predicted molar refractivity (Wildman–Crippen MR) is 118 cm³/mol. The Hall–Kier alpha value is -2.81. The zero-order chi connectivity index (χ0) is 22.1. The lowest BCUT2D eigenvalue weighted by Crippen LogP contribution is -2.53. The van der Waals surface area contributed by atoms with E-state index in [2.05, 4.69) is 20.9 Å². The summed E-state index contributed by atoms with van der Waals surface area (Å²) < 4.78 is 5.02. The molecule has 1 aromatic rings. The van der Waals surface area contributed by atoms with Crippen LogP contribution in [0.3, 0.4) is 0 Å². The number of hydrogen-bond donors (Lipinski definition) is 3. The first kappa shape index (κ1) is 22.9. The van der Waals surface area contributed by atoms with Gasteiger partial charge in [-0.15, -0.1) is 0 Å². The summed E-state index contributed by atoms with van der Waals surface area (Å²) in [5.41, 5.74) is 0.800. The van der Waals surface area contributed by atoms with Gasteiger partial charge in [0.2, 0.25) is 5.91 Å². The highest BCUT2D eigenvalue weighted by Gasteiger charge is 2.26. The number of nitrogens with one attached hydrogen (secondary N) is 3. The van der Waals surface area contributed by atoms with Gasteiger partial charge in [0.1, 0.15) is 0 Å². The van der Waals surface area contributed by atoms with Crippen LogP contribution in [0.1, 0.15) is 32.6 Å². The second kappa shape index (κ2) is 11.5. The van der Waals surface area contributed by atoms with Gasteiger partial charge in [0.15, 0.2) is 0 Å². The number of amides is 4. The average Bonchev–Trinajstić information content (AvgIpc) is 2.76. The molecule has 2 fully saturated rings. The van der Waals surface area contributed by atoms with E-state index in [0.29, 0.717) is 26.2 Å². The molecule has 2 saturated heterocycles. The van der Waals surface area contributed by atoms with E-state index in [1.165, 1.54) is 0 Å². The molecule has 3 rings (SSSR count). The zero-order valence-electron chi connectivity index (χ0n) is 18.1. The molecule has 0 spiro atoms. The quantitative estimate of drug-likeness (QED) is 0.639. The molecule has 0 bridgehead atoms. The van der Waals surface area contributed by atoms with E-state index >= 15 is 0 Å². The van der Waals surface area contributed by atoms with Gasteiger partial charge in [0, 0.05) is 44.0 Å². The molecule has 2 aliphatic rings. The van der Waals surface area contributed by atoms with Crippen LogP contribution in [0.2, 0.25) is 0 Å². The van der Waals surface area contributed by atoms with Crippen molar-refractivity contribution < 1.29 is 19.1 Å². The minimum atomic E-state index is -0.283.